The maximum absolute atomic E-state index is 12.4. The lowest BCUT2D eigenvalue weighted by Crippen LogP contribution is -2.26. The van der Waals surface area contributed by atoms with Gasteiger partial charge < -0.3 is 15.0 Å². The molecule has 0 atom stereocenters. The number of phenolic OH excluding ortho intramolecular Hbond substituents is 1. The summed E-state index contributed by atoms with van der Waals surface area (Å²) in [6.45, 7) is 0.662. The second kappa shape index (κ2) is 9.67. The van der Waals surface area contributed by atoms with E-state index in [1.807, 2.05) is 52.5 Å². The molecule has 2 amide bonds. The van der Waals surface area contributed by atoms with Crippen molar-refractivity contribution in [3.63, 3.8) is 0 Å². The Kier molecular flexibility index (Phi) is 6.53. The lowest BCUT2D eigenvalue weighted by atomic mass is 10.2. The van der Waals surface area contributed by atoms with Crippen LogP contribution in [-0.4, -0.2) is 27.7 Å². The van der Waals surface area contributed by atoms with Crippen molar-refractivity contribution in [3.05, 3.63) is 87.2 Å². The summed E-state index contributed by atoms with van der Waals surface area (Å²) in [7, 11) is 0. The molecule has 32 heavy (non-hydrogen) atoms. The topological polar surface area (TPSA) is 95.7 Å². The van der Waals surface area contributed by atoms with Gasteiger partial charge in [0.2, 0.25) is 5.91 Å². The number of benzene rings is 2. The van der Waals surface area contributed by atoms with Crippen LogP contribution >= 0.6 is 22.9 Å². The second-order valence-electron chi connectivity index (χ2n) is 6.95. The number of para-hydroxylation sites is 1. The molecule has 2 aromatic heterocycles. The first kappa shape index (κ1) is 21.6. The van der Waals surface area contributed by atoms with E-state index in [0.717, 1.165) is 21.3 Å². The van der Waals surface area contributed by atoms with Crippen LogP contribution in [0.25, 0.3) is 10.9 Å². The summed E-state index contributed by atoms with van der Waals surface area (Å²) in [4.78, 5) is 25.8. The highest BCUT2D eigenvalue weighted by Crippen LogP contribution is 2.23. The summed E-state index contributed by atoms with van der Waals surface area (Å²) in [5, 5.41) is 19.4. The maximum Gasteiger partial charge on any atom is 0.271 e. The number of fused-ring (bicyclic) bond motifs is 1. The van der Waals surface area contributed by atoms with E-state index in [0.29, 0.717) is 6.54 Å². The van der Waals surface area contributed by atoms with E-state index >= 15 is 0 Å². The number of amides is 2. The first-order chi connectivity index (χ1) is 15.5. The normalized spacial score (nSPS) is 11.2. The second-order valence-corrected chi connectivity index (χ2v) is 8.39. The third kappa shape index (κ3) is 4.99. The molecule has 0 aliphatic carbocycles. The average molecular weight is 467 g/mol. The van der Waals surface area contributed by atoms with Gasteiger partial charge >= 0.3 is 0 Å². The summed E-state index contributed by atoms with van der Waals surface area (Å²) >= 11 is 7.44. The monoisotopic (exact) mass is 466 g/mol. The number of carbonyl (C=O) groups is 2. The fraction of sp³-hybridized carbons (Fsp3) is 0.0870. The molecular formula is C23H19ClN4O3S. The van der Waals surface area contributed by atoms with E-state index in [1.165, 1.54) is 24.4 Å². The Bertz CT molecular complexity index is 1300. The van der Waals surface area contributed by atoms with Crippen molar-refractivity contribution >= 4 is 51.9 Å². The largest absolute Gasteiger partial charge is 0.506 e. The molecular weight excluding hydrogens is 448 g/mol. The Balaban J connectivity index is 1.46. The molecule has 3 N–H and O–H groups in total. The van der Waals surface area contributed by atoms with E-state index in [2.05, 4.69) is 15.8 Å². The molecule has 0 fully saturated rings. The molecule has 0 aliphatic heterocycles. The molecule has 0 aliphatic rings. The minimum absolute atomic E-state index is 0.0852. The molecule has 2 heterocycles. The Morgan fingerprint density at radius 1 is 1.16 bits per heavy atom. The van der Waals surface area contributed by atoms with E-state index in [-0.39, 0.29) is 28.8 Å². The number of rotatable bonds is 7. The van der Waals surface area contributed by atoms with Gasteiger partial charge in [-0.25, -0.2) is 5.43 Å². The van der Waals surface area contributed by atoms with Gasteiger partial charge in [-0.15, -0.1) is 11.3 Å². The summed E-state index contributed by atoms with van der Waals surface area (Å²) < 4.78 is 1.85. The minimum Gasteiger partial charge on any atom is -0.506 e. The molecule has 9 heteroatoms. The maximum atomic E-state index is 12.4. The van der Waals surface area contributed by atoms with Gasteiger partial charge in [0, 0.05) is 33.1 Å². The molecule has 0 spiro atoms. The molecule has 0 unspecified atom stereocenters. The van der Waals surface area contributed by atoms with Crippen LogP contribution in [-0.2, 0) is 17.9 Å². The zero-order valence-electron chi connectivity index (χ0n) is 16.8. The molecule has 0 bridgehead atoms. The fourth-order valence-electron chi connectivity index (χ4n) is 3.19. The van der Waals surface area contributed by atoms with Crippen LogP contribution in [0.2, 0.25) is 5.02 Å². The number of hydrogen-bond acceptors (Lipinski definition) is 5. The zero-order chi connectivity index (χ0) is 22.5. The first-order valence-corrected chi connectivity index (χ1v) is 11.0. The molecule has 4 aromatic rings. The van der Waals surface area contributed by atoms with Crippen molar-refractivity contribution in [3.8, 4) is 5.75 Å². The van der Waals surface area contributed by atoms with Gasteiger partial charge in [-0.3, -0.25) is 9.59 Å². The molecule has 0 radical (unpaired) electrons. The van der Waals surface area contributed by atoms with Crippen molar-refractivity contribution in [2.75, 3.05) is 0 Å². The van der Waals surface area contributed by atoms with Crippen LogP contribution in [0, 0.1) is 0 Å². The SMILES string of the molecule is O=C(Cn1cc(C=NNC(=O)c2ccc(O)c(Cl)c2)c2ccccc21)NCc1cccs1. The van der Waals surface area contributed by atoms with Crippen molar-refractivity contribution in [1.29, 1.82) is 0 Å². The van der Waals surface area contributed by atoms with Crippen LogP contribution in [0.1, 0.15) is 20.8 Å². The van der Waals surface area contributed by atoms with Crippen LogP contribution in [0.5, 0.6) is 5.75 Å². The number of nitrogens with zero attached hydrogens (tertiary/aromatic N) is 2. The summed E-state index contributed by atoms with van der Waals surface area (Å²) in [5.41, 5.74) is 4.37. The van der Waals surface area contributed by atoms with Gasteiger partial charge in [0.25, 0.3) is 5.91 Å². The highest BCUT2D eigenvalue weighted by atomic mass is 35.5. The highest BCUT2D eigenvalue weighted by Gasteiger charge is 2.11. The minimum atomic E-state index is -0.458. The lowest BCUT2D eigenvalue weighted by molar-refractivity contribution is -0.121. The number of aromatic nitrogens is 1. The highest BCUT2D eigenvalue weighted by molar-refractivity contribution is 7.09. The van der Waals surface area contributed by atoms with E-state index in [9.17, 15) is 14.7 Å². The molecule has 4 rings (SSSR count). The van der Waals surface area contributed by atoms with Crippen LogP contribution in [0.15, 0.2) is 71.3 Å². The Morgan fingerprint density at radius 2 is 2.00 bits per heavy atom. The van der Waals surface area contributed by atoms with E-state index in [1.54, 1.807) is 11.3 Å². The Hall–Kier alpha value is -3.62. The quantitative estimate of drug-likeness (QED) is 0.282. The summed E-state index contributed by atoms with van der Waals surface area (Å²) in [6, 6.07) is 15.7. The summed E-state index contributed by atoms with van der Waals surface area (Å²) in [6.07, 6.45) is 3.35. The zero-order valence-corrected chi connectivity index (χ0v) is 18.4. The number of hydrazone groups is 1. The van der Waals surface area contributed by atoms with Gasteiger partial charge in [-0.2, -0.15) is 5.10 Å². The molecule has 162 valence electrons. The third-order valence-electron chi connectivity index (χ3n) is 4.75. The van der Waals surface area contributed by atoms with Gasteiger partial charge in [-0.1, -0.05) is 35.9 Å². The van der Waals surface area contributed by atoms with E-state index < -0.39 is 5.91 Å². The van der Waals surface area contributed by atoms with E-state index in [4.69, 9.17) is 11.6 Å². The summed E-state index contributed by atoms with van der Waals surface area (Å²) in [5.74, 6) is -0.654. The molecule has 0 saturated carbocycles. The standard InChI is InChI=1S/C23H19ClN4O3S/c24-19-10-15(7-8-21(19)29)23(31)27-26-11-16-13-28(20-6-2-1-5-18(16)20)14-22(30)25-12-17-4-3-9-32-17/h1-11,13,29H,12,14H2,(H,25,30)(H,27,31). The Morgan fingerprint density at radius 3 is 2.78 bits per heavy atom. The lowest BCUT2D eigenvalue weighted by Gasteiger charge is -2.06. The first-order valence-electron chi connectivity index (χ1n) is 9.70. The number of thiophene rings is 1. The van der Waals surface area contributed by atoms with Crippen molar-refractivity contribution in [2.45, 2.75) is 13.1 Å². The number of carbonyl (C=O) groups excluding carboxylic acids is 2. The number of nitrogens with one attached hydrogen (secondary N) is 2. The molecule has 7 nitrogen and oxygen atoms in total. The molecule has 2 aromatic carbocycles. The van der Waals surface area contributed by atoms with Gasteiger partial charge in [0.1, 0.15) is 12.3 Å². The van der Waals surface area contributed by atoms with Gasteiger partial charge in [-0.05, 0) is 35.7 Å². The Labute approximate surface area is 192 Å². The van der Waals surface area contributed by atoms with Crippen LogP contribution < -0.4 is 10.7 Å². The van der Waals surface area contributed by atoms with Crippen molar-refractivity contribution < 1.29 is 14.7 Å². The van der Waals surface area contributed by atoms with Crippen LogP contribution in [0.3, 0.4) is 0 Å². The van der Waals surface area contributed by atoms with Gasteiger partial charge in [0.15, 0.2) is 0 Å². The number of halogens is 1. The number of aromatic hydroxyl groups is 1. The van der Waals surface area contributed by atoms with Gasteiger partial charge in [0.05, 0.1) is 17.8 Å². The van der Waals surface area contributed by atoms with Crippen LogP contribution in [0.4, 0.5) is 0 Å². The average Bonchev–Trinajstić information content (AvgIpc) is 3.43. The molecule has 0 saturated heterocycles. The number of phenols is 1. The number of hydrogen-bond donors (Lipinski definition) is 3. The smallest absolute Gasteiger partial charge is 0.271 e. The van der Waals surface area contributed by atoms with Crippen molar-refractivity contribution in [2.24, 2.45) is 5.10 Å². The fourth-order valence-corrected chi connectivity index (χ4v) is 4.02. The third-order valence-corrected chi connectivity index (χ3v) is 5.93. The van der Waals surface area contributed by atoms with Crippen molar-refractivity contribution in [1.82, 2.24) is 15.3 Å². The predicted octanol–water partition coefficient (Wildman–Crippen LogP) is 4.14. The predicted molar refractivity (Wildman–Crippen MR) is 126 cm³/mol.